The van der Waals surface area contributed by atoms with Gasteiger partial charge >= 0.3 is 5.97 Å². The summed E-state index contributed by atoms with van der Waals surface area (Å²) in [5.74, 6) is -2.14. The van der Waals surface area contributed by atoms with Gasteiger partial charge in [0.2, 0.25) is 0 Å². The van der Waals surface area contributed by atoms with E-state index in [2.05, 4.69) is 25.6 Å². The highest BCUT2D eigenvalue weighted by Gasteiger charge is 2.19. The number of carbonyl (C=O) groups is 1. The molecule has 0 amide bonds. The lowest BCUT2D eigenvalue weighted by atomic mass is 10.3. The molecule has 1 heterocycles. The molecule has 0 spiro atoms. The van der Waals surface area contributed by atoms with Crippen LogP contribution in [0.4, 0.5) is 10.1 Å². The first-order valence-electron chi connectivity index (χ1n) is 5.47. The van der Waals surface area contributed by atoms with Crippen LogP contribution in [-0.2, 0) is 10.0 Å². The molecule has 0 aliphatic rings. The summed E-state index contributed by atoms with van der Waals surface area (Å²) in [6.07, 6.45) is 1.04. The molecule has 0 fully saturated rings. The number of aromatic carboxylic acids is 1. The number of hydrogen-bond donors (Lipinski definition) is 2. The Morgan fingerprint density at radius 2 is 2.00 bits per heavy atom. The maximum absolute atomic E-state index is 13.7. The summed E-state index contributed by atoms with van der Waals surface area (Å²) in [7, 11) is -4.13. The van der Waals surface area contributed by atoms with Crippen LogP contribution in [0.1, 0.15) is 10.5 Å². The molecule has 9 heteroatoms. The molecule has 0 aliphatic carbocycles. The molecule has 0 saturated heterocycles. The van der Waals surface area contributed by atoms with E-state index in [-0.39, 0.29) is 11.4 Å². The second-order valence-corrected chi connectivity index (χ2v) is 6.48. The fourth-order valence-electron chi connectivity index (χ4n) is 1.48. The second-order valence-electron chi connectivity index (χ2n) is 3.92. The molecular weight excluding hydrogens is 367 g/mol. The Balaban J connectivity index is 2.30. The van der Waals surface area contributed by atoms with E-state index in [9.17, 15) is 17.6 Å². The van der Waals surface area contributed by atoms with E-state index in [1.54, 1.807) is 0 Å². The largest absolute Gasteiger partial charge is 0.477 e. The third kappa shape index (κ3) is 3.56. The van der Waals surface area contributed by atoms with Crippen molar-refractivity contribution in [1.82, 2.24) is 4.98 Å². The molecule has 0 aliphatic heterocycles. The fourth-order valence-corrected chi connectivity index (χ4v) is 2.92. The van der Waals surface area contributed by atoms with Crippen molar-refractivity contribution >= 4 is 37.6 Å². The predicted octanol–water partition coefficient (Wildman–Crippen LogP) is 2.48. The number of nitrogens with zero attached hydrogens (tertiary/aromatic N) is 1. The van der Waals surface area contributed by atoms with Crippen LogP contribution in [0.15, 0.2) is 45.9 Å². The quantitative estimate of drug-likeness (QED) is 0.856. The number of carboxylic acids is 1. The maximum atomic E-state index is 13.7. The summed E-state index contributed by atoms with van der Waals surface area (Å²) in [5, 5.41) is 8.69. The molecule has 6 nitrogen and oxygen atoms in total. The number of benzene rings is 1. The van der Waals surface area contributed by atoms with E-state index in [0.717, 1.165) is 24.4 Å². The van der Waals surface area contributed by atoms with E-state index in [1.165, 1.54) is 12.1 Å². The highest BCUT2D eigenvalue weighted by atomic mass is 79.9. The molecule has 0 atom stereocenters. The number of pyridine rings is 1. The summed E-state index contributed by atoms with van der Waals surface area (Å²) in [4.78, 5) is 13.7. The number of halogens is 2. The minimum Gasteiger partial charge on any atom is -0.477 e. The van der Waals surface area contributed by atoms with Crippen molar-refractivity contribution in [3.8, 4) is 0 Å². The van der Waals surface area contributed by atoms with Gasteiger partial charge in [0.15, 0.2) is 0 Å². The third-order valence-electron chi connectivity index (χ3n) is 2.42. The lowest BCUT2D eigenvalue weighted by Gasteiger charge is -2.09. The molecule has 0 unspecified atom stereocenters. The standard InChI is InChI=1S/C12H8BrFN2O4S/c13-7-1-4-11(9(14)5-7)21(19,20)16-8-2-3-10(12(17)18)15-6-8/h1-6,16H,(H,17,18). The van der Waals surface area contributed by atoms with Gasteiger partial charge in [0.1, 0.15) is 16.4 Å². The average Bonchev–Trinajstić information content (AvgIpc) is 2.38. The van der Waals surface area contributed by atoms with Gasteiger partial charge in [-0.3, -0.25) is 4.72 Å². The van der Waals surface area contributed by atoms with Gasteiger partial charge in [-0.2, -0.15) is 0 Å². The lowest BCUT2D eigenvalue weighted by Crippen LogP contribution is -2.15. The van der Waals surface area contributed by atoms with Crippen molar-refractivity contribution in [3.63, 3.8) is 0 Å². The zero-order chi connectivity index (χ0) is 15.6. The van der Waals surface area contributed by atoms with Crippen LogP contribution < -0.4 is 4.72 Å². The van der Waals surface area contributed by atoms with E-state index >= 15 is 0 Å². The number of carboxylic acid groups (broad SMARTS) is 1. The minimum atomic E-state index is -4.13. The number of nitrogens with one attached hydrogen (secondary N) is 1. The van der Waals surface area contributed by atoms with E-state index in [1.807, 2.05) is 0 Å². The Kier molecular flexibility index (Phi) is 4.24. The van der Waals surface area contributed by atoms with E-state index in [0.29, 0.717) is 4.47 Å². The van der Waals surface area contributed by atoms with Crippen molar-refractivity contribution in [2.24, 2.45) is 0 Å². The van der Waals surface area contributed by atoms with Crippen LogP contribution in [0, 0.1) is 5.82 Å². The molecule has 110 valence electrons. The van der Waals surface area contributed by atoms with Gasteiger partial charge in [-0.25, -0.2) is 22.6 Å². The topological polar surface area (TPSA) is 96.4 Å². The van der Waals surface area contributed by atoms with Crippen molar-refractivity contribution in [3.05, 3.63) is 52.5 Å². The van der Waals surface area contributed by atoms with Crippen molar-refractivity contribution in [2.45, 2.75) is 4.90 Å². The van der Waals surface area contributed by atoms with E-state index < -0.39 is 26.7 Å². The van der Waals surface area contributed by atoms with Crippen LogP contribution >= 0.6 is 15.9 Å². The van der Waals surface area contributed by atoms with Crippen molar-refractivity contribution < 1.29 is 22.7 Å². The number of aromatic nitrogens is 1. The number of rotatable bonds is 4. The summed E-state index contributed by atoms with van der Waals surface area (Å²) in [6.45, 7) is 0. The summed E-state index contributed by atoms with van der Waals surface area (Å²) < 4.78 is 40.3. The highest BCUT2D eigenvalue weighted by Crippen LogP contribution is 2.21. The molecule has 2 aromatic rings. The number of anilines is 1. The van der Waals surface area contributed by atoms with Crippen molar-refractivity contribution in [1.29, 1.82) is 0 Å². The Hall–Kier alpha value is -2.00. The van der Waals surface area contributed by atoms with Crippen molar-refractivity contribution in [2.75, 3.05) is 4.72 Å². The zero-order valence-electron chi connectivity index (χ0n) is 10.2. The molecule has 2 rings (SSSR count). The summed E-state index contributed by atoms with van der Waals surface area (Å²) >= 11 is 3.03. The van der Waals surface area contributed by atoms with Gasteiger partial charge in [0.05, 0.1) is 11.9 Å². The Morgan fingerprint density at radius 3 is 2.52 bits per heavy atom. The molecule has 1 aromatic heterocycles. The lowest BCUT2D eigenvalue weighted by molar-refractivity contribution is 0.0690. The smallest absolute Gasteiger partial charge is 0.354 e. The predicted molar refractivity (Wildman–Crippen MR) is 76.1 cm³/mol. The van der Waals surface area contributed by atoms with Gasteiger partial charge in [0.25, 0.3) is 10.0 Å². The molecule has 0 bridgehead atoms. The number of sulfonamides is 1. The third-order valence-corrected chi connectivity index (χ3v) is 4.33. The van der Waals surface area contributed by atoms with Gasteiger partial charge in [0, 0.05) is 4.47 Å². The molecule has 21 heavy (non-hydrogen) atoms. The Bertz CT molecular complexity index is 793. The fraction of sp³-hybridized carbons (Fsp3) is 0. The molecule has 0 radical (unpaired) electrons. The summed E-state index contributed by atoms with van der Waals surface area (Å²) in [6, 6.07) is 5.90. The van der Waals surface area contributed by atoms with E-state index in [4.69, 9.17) is 5.11 Å². The monoisotopic (exact) mass is 374 g/mol. The first kappa shape index (κ1) is 15.4. The molecular formula is C12H8BrFN2O4S. The van der Waals surface area contributed by atoms with Crippen LogP contribution in [-0.4, -0.2) is 24.5 Å². The second kappa shape index (κ2) is 5.78. The maximum Gasteiger partial charge on any atom is 0.354 e. The van der Waals surface area contributed by atoms with Crippen LogP contribution in [0.25, 0.3) is 0 Å². The van der Waals surface area contributed by atoms with Gasteiger partial charge < -0.3 is 5.11 Å². The molecule has 2 N–H and O–H groups in total. The van der Waals surface area contributed by atoms with Gasteiger partial charge in [-0.15, -0.1) is 0 Å². The normalized spacial score (nSPS) is 11.1. The summed E-state index contributed by atoms with van der Waals surface area (Å²) in [5.41, 5.74) is -0.199. The zero-order valence-corrected chi connectivity index (χ0v) is 12.6. The SMILES string of the molecule is O=C(O)c1ccc(NS(=O)(=O)c2ccc(Br)cc2F)cn1. The van der Waals surface area contributed by atoms with Crippen LogP contribution in [0.2, 0.25) is 0 Å². The van der Waals surface area contributed by atoms with Gasteiger partial charge in [-0.1, -0.05) is 15.9 Å². The molecule has 1 aromatic carbocycles. The first-order chi connectivity index (χ1) is 9.79. The van der Waals surface area contributed by atoms with Crippen LogP contribution in [0.3, 0.4) is 0 Å². The molecule has 0 saturated carbocycles. The highest BCUT2D eigenvalue weighted by molar-refractivity contribution is 9.10. The Morgan fingerprint density at radius 1 is 1.29 bits per heavy atom. The van der Waals surface area contributed by atoms with Gasteiger partial charge in [-0.05, 0) is 30.3 Å². The Labute approximate surface area is 127 Å². The van der Waals surface area contributed by atoms with Crippen LogP contribution in [0.5, 0.6) is 0 Å². The first-order valence-corrected chi connectivity index (χ1v) is 7.74. The number of hydrogen-bond acceptors (Lipinski definition) is 4. The minimum absolute atomic E-state index is 0.0299. The average molecular weight is 375 g/mol.